The summed E-state index contributed by atoms with van der Waals surface area (Å²) in [4.78, 5) is 16.2. The van der Waals surface area contributed by atoms with Gasteiger partial charge in [-0.3, -0.25) is 10.1 Å². The van der Waals surface area contributed by atoms with E-state index in [1.54, 1.807) is 18.2 Å². The predicted octanol–water partition coefficient (Wildman–Crippen LogP) is 2.01. The molecular formula is C14H13N3OS. The summed E-state index contributed by atoms with van der Waals surface area (Å²) in [6, 6.07) is 7.11. The van der Waals surface area contributed by atoms with Crippen molar-refractivity contribution >= 4 is 22.4 Å². The second-order valence-corrected chi connectivity index (χ2v) is 4.69. The maximum absolute atomic E-state index is 12.0. The lowest BCUT2D eigenvalue weighted by Gasteiger charge is -2.02. The molecule has 0 spiro atoms. The number of carbonyl (C=O) groups is 1. The van der Waals surface area contributed by atoms with Crippen molar-refractivity contribution < 1.29 is 4.79 Å². The molecule has 0 bridgehead atoms. The molecule has 0 saturated carbocycles. The molecule has 1 aromatic heterocycles. The second kappa shape index (κ2) is 6.14. The fourth-order valence-corrected chi connectivity index (χ4v) is 2.16. The van der Waals surface area contributed by atoms with Gasteiger partial charge >= 0.3 is 0 Å². The van der Waals surface area contributed by atoms with Crippen molar-refractivity contribution in [1.82, 2.24) is 4.98 Å². The fraction of sp³-hybridized carbons (Fsp3) is 0.143. The lowest BCUT2D eigenvalue weighted by Crippen LogP contribution is -2.11. The van der Waals surface area contributed by atoms with Gasteiger partial charge < -0.3 is 5.73 Å². The van der Waals surface area contributed by atoms with E-state index in [4.69, 9.17) is 5.73 Å². The minimum absolute atomic E-state index is 0.189. The van der Waals surface area contributed by atoms with Crippen molar-refractivity contribution in [3.05, 3.63) is 46.5 Å². The van der Waals surface area contributed by atoms with Crippen molar-refractivity contribution in [1.29, 1.82) is 0 Å². The maximum atomic E-state index is 12.0. The zero-order valence-corrected chi connectivity index (χ0v) is 11.3. The van der Waals surface area contributed by atoms with Crippen LogP contribution in [0.2, 0.25) is 0 Å². The molecular weight excluding hydrogens is 258 g/mol. The zero-order chi connectivity index (χ0) is 13.7. The number of thiazole rings is 1. The summed E-state index contributed by atoms with van der Waals surface area (Å²) in [5, 5.41) is 5.24. The number of hydrogen-bond donors (Lipinski definition) is 2. The maximum Gasteiger partial charge on any atom is 0.257 e. The number of hydrogen-bond acceptors (Lipinski definition) is 4. The van der Waals surface area contributed by atoms with Crippen LogP contribution >= 0.6 is 11.3 Å². The van der Waals surface area contributed by atoms with Crippen LogP contribution in [-0.2, 0) is 0 Å². The normalized spacial score (nSPS) is 9.58. The highest BCUT2D eigenvalue weighted by Gasteiger charge is 2.08. The summed E-state index contributed by atoms with van der Waals surface area (Å²) in [5.41, 5.74) is 7.53. The summed E-state index contributed by atoms with van der Waals surface area (Å²) in [7, 11) is 0. The third kappa shape index (κ3) is 3.65. The number of anilines is 1. The number of aryl methyl sites for hydroxylation is 1. The Bertz CT molecular complexity index is 652. The molecule has 0 atom stereocenters. The van der Waals surface area contributed by atoms with Crippen LogP contribution in [0.1, 0.15) is 21.6 Å². The number of nitrogens with one attached hydrogen (secondary N) is 1. The lowest BCUT2D eigenvalue weighted by atomic mass is 10.1. The Balaban J connectivity index is 2.15. The Kier molecular flexibility index (Phi) is 4.29. The first-order valence-corrected chi connectivity index (χ1v) is 6.59. The van der Waals surface area contributed by atoms with Crippen LogP contribution in [0.15, 0.2) is 29.6 Å². The van der Waals surface area contributed by atoms with E-state index in [1.807, 2.05) is 18.4 Å². The Morgan fingerprint density at radius 2 is 2.37 bits per heavy atom. The molecule has 1 amide bonds. The highest BCUT2D eigenvalue weighted by atomic mass is 32.1. The second-order valence-electron chi connectivity index (χ2n) is 3.83. The first-order chi connectivity index (χ1) is 9.19. The number of carbonyl (C=O) groups excluding carboxylic acids is 1. The molecule has 0 fully saturated rings. The van der Waals surface area contributed by atoms with Crippen LogP contribution < -0.4 is 11.1 Å². The molecule has 0 aliphatic carbocycles. The predicted molar refractivity (Wildman–Crippen MR) is 77.2 cm³/mol. The van der Waals surface area contributed by atoms with Crippen LogP contribution in [0.4, 0.5) is 5.13 Å². The molecule has 1 heterocycles. The molecule has 96 valence electrons. The van der Waals surface area contributed by atoms with Crippen molar-refractivity contribution in [2.45, 2.75) is 6.92 Å². The largest absolute Gasteiger partial charge is 0.320 e. The van der Waals surface area contributed by atoms with Crippen LogP contribution in [-0.4, -0.2) is 17.4 Å². The number of nitrogens with two attached hydrogens (primary N) is 1. The van der Waals surface area contributed by atoms with Gasteiger partial charge in [0.05, 0.1) is 12.2 Å². The number of rotatable bonds is 2. The molecule has 4 nitrogen and oxygen atoms in total. The van der Waals surface area contributed by atoms with Gasteiger partial charge in [-0.25, -0.2) is 4.98 Å². The number of aromatic nitrogens is 1. The van der Waals surface area contributed by atoms with Gasteiger partial charge in [-0.2, -0.15) is 0 Å². The summed E-state index contributed by atoms with van der Waals surface area (Å²) in [5.74, 6) is 5.47. The van der Waals surface area contributed by atoms with E-state index >= 15 is 0 Å². The summed E-state index contributed by atoms with van der Waals surface area (Å²) >= 11 is 1.40. The number of amides is 1. The lowest BCUT2D eigenvalue weighted by molar-refractivity contribution is 0.102. The van der Waals surface area contributed by atoms with E-state index in [2.05, 4.69) is 22.1 Å². The molecule has 2 aromatic rings. The molecule has 5 heteroatoms. The molecule has 3 N–H and O–H groups in total. The Labute approximate surface area is 115 Å². The number of benzene rings is 1. The SMILES string of the molecule is Cc1csc(NC(=O)c2cccc(C#CCN)c2)n1. The van der Waals surface area contributed by atoms with Crippen LogP contribution in [0, 0.1) is 18.8 Å². The Morgan fingerprint density at radius 3 is 3.05 bits per heavy atom. The Morgan fingerprint density at radius 1 is 1.53 bits per heavy atom. The first-order valence-electron chi connectivity index (χ1n) is 5.71. The monoisotopic (exact) mass is 271 g/mol. The third-order valence-electron chi connectivity index (χ3n) is 2.30. The zero-order valence-electron chi connectivity index (χ0n) is 10.4. The van der Waals surface area contributed by atoms with E-state index in [0.29, 0.717) is 17.2 Å². The molecule has 2 rings (SSSR count). The molecule has 19 heavy (non-hydrogen) atoms. The molecule has 0 aliphatic rings. The molecule has 0 radical (unpaired) electrons. The van der Waals surface area contributed by atoms with Crippen LogP contribution in [0.5, 0.6) is 0 Å². The van der Waals surface area contributed by atoms with E-state index in [1.165, 1.54) is 11.3 Å². The smallest absolute Gasteiger partial charge is 0.257 e. The van der Waals surface area contributed by atoms with Gasteiger partial charge in [0.15, 0.2) is 5.13 Å². The van der Waals surface area contributed by atoms with Gasteiger partial charge in [-0.1, -0.05) is 17.9 Å². The van der Waals surface area contributed by atoms with E-state index in [0.717, 1.165) is 11.3 Å². The van der Waals surface area contributed by atoms with Crippen molar-refractivity contribution in [2.24, 2.45) is 5.73 Å². The van der Waals surface area contributed by atoms with Gasteiger partial charge in [-0.05, 0) is 25.1 Å². The Hall–Kier alpha value is -2.16. The average Bonchev–Trinajstić information content (AvgIpc) is 2.82. The topological polar surface area (TPSA) is 68.0 Å². The standard InChI is InChI=1S/C14H13N3OS/c1-10-9-19-14(16-10)17-13(18)12-6-2-4-11(8-12)5-3-7-15/h2,4,6,8-9H,7,15H2,1H3,(H,16,17,18). The minimum Gasteiger partial charge on any atom is -0.320 e. The quantitative estimate of drug-likeness (QED) is 0.821. The van der Waals surface area contributed by atoms with Gasteiger partial charge in [0, 0.05) is 16.5 Å². The molecule has 0 aliphatic heterocycles. The highest BCUT2D eigenvalue weighted by molar-refractivity contribution is 7.13. The molecule has 1 aromatic carbocycles. The summed E-state index contributed by atoms with van der Waals surface area (Å²) in [6.45, 7) is 2.18. The van der Waals surface area contributed by atoms with Gasteiger partial charge in [-0.15, -0.1) is 11.3 Å². The van der Waals surface area contributed by atoms with Crippen molar-refractivity contribution in [3.63, 3.8) is 0 Å². The van der Waals surface area contributed by atoms with Crippen LogP contribution in [0.3, 0.4) is 0 Å². The minimum atomic E-state index is -0.189. The molecule has 0 unspecified atom stereocenters. The van der Waals surface area contributed by atoms with E-state index < -0.39 is 0 Å². The van der Waals surface area contributed by atoms with Gasteiger partial charge in [0.2, 0.25) is 0 Å². The fourth-order valence-electron chi connectivity index (χ4n) is 1.47. The van der Waals surface area contributed by atoms with Crippen molar-refractivity contribution in [3.8, 4) is 11.8 Å². The van der Waals surface area contributed by atoms with E-state index in [-0.39, 0.29) is 5.91 Å². The number of nitrogens with zero attached hydrogens (tertiary/aromatic N) is 1. The van der Waals surface area contributed by atoms with Crippen molar-refractivity contribution in [2.75, 3.05) is 11.9 Å². The average molecular weight is 271 g/mol. The summed E-state index contributed by atoms with van der Waals surface area (Å²) in [6.07, 6.45) is 0. The van der Waals surface area contributed by atoms with E-state index in [9.17, 15) is 4.79 Å². The first kappa shape index (κ1) is 13.3. The van der Waals surface area contributed by atoms with Gasteiger partial charge in [0.1, 0.15) is 0 Å². The third-order valence-corrected chi connectivity index (χ3v) is 3.17. The van der Waals surface area contributed by atoms with Gasteiger partial charge in [0.25, 0.3) is 5.91 Å². The summed E-state index contributed by atoms with van der Waals surface area (Å²) < 4.78 is 0. The molecule has 0 saturated heterocycles. The highest BCUT2D eigenvalue weighted by Crippen LogP contribution is 2.15. The van der Waals surface area contributed by atoms with Crippen LogP contribution in [0.25, 0.3) is 0 Å².